The Morgan fingerprint density at radius 3 is 2.67 bits per heavy atom. The molecule has 0 unspecified atom stereocenters. The SMILES string of the molecule is Cc1ccc2c(N)c(C(=O)N3CCS(=O)(=O)CC3)sc2n1. The number of nitrogen functional groups attached to an aromatic ring is 1. The fourth-order valence-corrected chi connectivity index (χ4v) is 4.62. The summed E-state index contributed by atoms with van der Waals surface area (Å²) in [5.74, 6) is -0.176. The quantitative estimate of drug-likeness (QED) is 0.846. The van der Waals surface area contributed by atoms with E-state index < -0.39 is 9.84 Å². The molecule has 6 nitrogen and oxygen atoms in total. The van der Waals surface area contributed by atoms with Crippen LogP contribution in [-0.2, 0) is 9.84 Å². The van der Waals surface area contributed by atoms with Crippen LogP contribution in [-0.4, -0.2) is 48.8 Å². The predicted octanol–water partition coefficient (Wildman–Crippen LogP) is 1.06. The molecule has 0 atom stereocenters. The van der Waals surface area contributed by atoms with E-state index in [1.165, 1.54) is 11.3 Å². The summed E-state index contributed by atoms with van der Waals surface area (Å²) in [6.07, 6.45) is 0. The van der Waals surface area contributed by atoms with Gasteiger partial charge in [-0.2, -0.15) is 0 Å². The number of anilines is 1. The van der Waals surface area contributed by atoms with E-state index in [1.54, 1.807) is 4.90 Å². The van der Waals surface area contributed by atoms with Crippen LogP contribution in [0.3, 0.4) is 0 Å². The second kappa shape index (κ2) is 4.96. The predicted molar refractivity (Wildman–Crippen MR) is 83.3 cm³/mol. The summed E-state index contributed by atoms with van der Waals surface area (Å²) in [5.41, 5.74) is 7.35. The minimum absolute atomic E-state index is 0.0148. The van der Waals surface area contributed by atoms with Crippen LogP contribution < -0.4 is 5.73 Å². The first-order chi connectivity index (χ1) is 9.87. The third kappa shape index (κ3) is 2.60. The molecule has 21 heavy (non-hydrogen) atoms. The number of aryl methyl sites for hydroxylation is 1. The molecule has 2 N–H and O–H groups in total. The third-order valence-corrected chi connectivity index (χ3v) is 6.27. The molecular formula is C13H15N3O3S2. The van der Waals surface area contributed by atoms with Crippen molar-refractivity contribution in [2.45, 2.75) is 6.92 Å². The second-order valence-electron chi connectivity index (χ2n) is 5.09. The Kier molecular flexibility index (Phi) is 3.37. The van der Waals surface area contributed by atoms with E-state index >= 15 is 0 Å². The number of hydrogen-bond acceptors (Lipinski definition) is 6. The highest BCUT2D eigenvalue weighted by Crippen LogP contribution is 2.33. The van der Waals surface area contributed by atoms with Gasteiger partial charge < -0.3 is 10.6 Å². The summed E-state index contributed by atoms with van der Waals surface area (Å²) in [5, 5.41) is 0.776. The minimum Gasteiger partial charge on any atom is -0.397 e. The molecule has 1 aliphatic rings. The number of fused-ring (bicyclic) bond motifs is 1. The molecule has 112 valence electrons. The number of amides is 1. The number of rotatable bonds is 1. The van der Waals surface area contributed by atoms with Gasteiger partial charge in [0.25, 0.3) is 5.91 Å². The number of carbonyl (C=O) groups excluding carboxylic acids is 1. The molecule has 3 heterocycles. The third-order valence-electron chi connectivity index (χ3n) is 3.56. The van der Waals surface area contributed by atoms with Gasteiger partial charge in [-0.25, -0.2) is 13.4 Å². The topological polar surface area (TPSA) is 93.4 Å². The molecule has 0 aliphatic carbocycles. The van der Waals surface area contributed by atoms with E-state index in [0.29, 0.717) is 10.6 Å². The highest BCUT2D eigenvalue weighted by Gasteiger charge is 2.28. The first-order valence-electron chi connectivity index (χ1n) is 6.53. The van der Waals surface area contributed by atoms with E-state index in [2.05, 4.69) is 4.98 Å². The van der Waals surface area contributed by atoms with Gasteiger partial charge in [0.1, 0.15) is 9.71 Å². The zero-order chi connectivity index (χ0) is 15.2. The number of nitrogens with two attached hydrogens (primary N) is 1. The Hall–Kier alpha value is -1.67. The first kappa shape index (κ1) is 14.3. The average Bonchev–Trinajstić information content (AvgIpc) is 2.74. The van der Waals surface area contributed by atoms with Crippen molar-refractivity contribution < 1.29 is 13.2 Å². The number of sulfone groups is 1. The van der Waals surface area contributed by atoms with Crippen LogP contribution in [0.2, 0.25) is 0 Å². The van der Waals surface area contributed by atoms with Crippen molar-refractivity contribution in [3.8, 4) is 0 Å². The Labute approximate surface area is 126 Å². The fraction of sp³-hybridized carbons (Fsp3) is 0.385. The van der Waals surface area contributed by atoms with Crippen molar-refractivity contribution in [2.75, 3.05) is 30.3 Å². The van der Waals surface area contributed by atoms with Crippen molar-refractivity contribution in [3.63, 3.8) is 0 Å². The number of aromatic nitrogens is 1. The first-order valence-corrected chi connectivity index (χ1v) is 9.16. The van der Waals surface area contributed by atoms with E-state index in [-0.39, 0.29) is 30.5 Å². The molecule has 1 amide bonds. The lowest BCUT2D eigenvalue weighted by Gasteiger charge is -2.26. The maximum Gasteiger partial charge on any atom is 0.266 e. The van der Waals surface area contributed by atoms with Gasteiger partial charge in [-0.15, -0.1) is 11.3 Å². The monoisotopic (exact) mass is 325 g/mol. The van der Waals surface area contributed by atoms with Gasteiger partial charge in [0, 0.05) is 24.2 Å². The lowest BCUT2D eigenvalue weighted by molar-refractivity contribution is 0.0776. The molecule has 8 heteroatoms. The van der Waals surface area contributed by atoms with Gasteiger partial charge in [-0.3, -0.25) is 4.79 Å². The average molecular weight is 325 g/mol. The number of nitrogens with zero attached hydrogens (tertiary/aromatic N) is 2. The van der Waals surface area contributed by atoms with Crippen LogP contribution >= 0.6 is 11.3 Å². The van der Waals surface area contributed by atoms with Gasteiger partial charge in [0.05, 0.1) is 17.2 Å². The van der Waals surface area contributed by atoms with Crippen molar-refractivity contribution in [1.29, 1.82) is 0 Å². The molecule has 1 fully saturated rings. The summed E-state index contributed by atoms with van der Waals surface area (Å²) < 4.78 is 22.9. The maximum absolute atomic E-state index is 12.5. The summed E-state index contributed by atoms with van der Waals surface area (Å²) in [4.78, 5) is 19.6. The normalized spacial score (nSPS) is 18.0. The number of hydrogen-bond donors (Lipinski definition) is 1. The van der Waals surface area contributed by atoms with Gasteiger partial charge in [0.2, 0.25) is 0 Å². The largest absolute Gasteiger partial charge is 0.397 e. The molecular weight excluding hydrogens is 310 g/mol. The smallest absolute Gasteiger partial charge is 0.266 e. The van der Waals surface area contributed by atoms with Crippen molar-refractivity contribution >= 4 is 43.0 Å². The van der Waals surface area contributed by atoms with Gasteiger partial charge >= 0.3 is 0 Å². The van der Waals surface area contributed by atoms with E-state index in [1.807, 2.05) is 19.1 Å². The molecule has 3 rings (SSSR count). The van der Waals surface area contributed by atoms with Crippen molar-refractivity contribution in [3.05, 3.63) is 22.7 Å². The Morgan fingerprint density at radius 2 is 2.00 bits per heavy atom. The van der Waals surface area contributed by atoms with Crippen LogP contribution in [0.4, 0.5) is 5.69 Å². The van der Waals surface area contributed by atoms with Crippen LogP contribution in [0.1, 0.15) is 15.4 Å². The Morgan fingerprint density at radius 1 is 1.33 bits per heavy atom. The summed E-state index contributed by atoms with van der Waals surface area (Å²) >= 11 is 1.26. The molecule has 2 aromatic heterocycles. The number of thiophene rings is 1. The Bertz CT molecular complexity index is 813. The molecule has 0 bridgehead atoms. The van der Waals surface area contributed by atoms with Crippen LogP contribution in [0.25, 0.3) is 10.2 Å². The molecule has 2 aromatic rings. The zero-order valence-electron chi connectivity index (χ0n) is 11.5. The second-order valence-corrected chi connectivity index (χ2v) is 8.40. The van der Waals surface area contributed by atoms with E-state index in [9.17, 15) is 13.2 Å². The number of carbonyl (C=O) groups is 1. The van der Waals surface area contributed by atoms with Crippen LogP contribution in [0.15, 0.2) is 12.1 Å². The fourth-order valence-electron chi connectivity index (χ4n) is 2.31. The molecule has 0 saturated carbocycles. The lowest BCUT2D eigenvalue weighted by atomic mass is 10.2. The molecule has 0 radical (unpaired) electrons. The van der Waals surface area contributed by atoms with Gasteiger partial charge in [-0.1, -0.05) is 0 Å². The van der Waals surface area contributed by atoms with Crippen molar-refractivity contribution in [2.24, 2.45) is 0 Å². The van der Waals surface area contributed by atoms with E-state index in [0.717, 1.165) is 15.9 Å². The standard InChI is InChI=1S/C13H15N3O3S2/c1-8-2-3-9-10(14)11(20-12(9)15-8)13(17)16-4-6-21(18,19)7-5-16/h2-3H,4-7,14H2,1H3. The number of pyridine rings is 1. The lowest BCUT2D eigenvalue weighted by Crippen LogP contribution is -2.43. The van der Waals surface area contributed by atoms with E-state index in [4.69, 9.17) is 5.73 Å². The minimum atomic E-state index is -3.01. The Balaban J connectivity index is 1.93. The highest BCUT2D eigenvalue weighted by molar-refractivity contribution is 7.91. The maximum atomic E-state index is 12.5. The molecule has 0 aromatic carbocycles. The summed E-state index contributed by atoms with van der Waals surface area (Å²) in [6, 6.07) is 3.72. The molecule has 1 aliphatic heterocycles. The summed E-state index contributed by atoms with van der Waals surface area (Å²) in [7, 11) is -3.01. The van der Waals surface area contributed by atoms with Crippen LogP contribution in [0, 0.1) is 6.92 Å². The van der Waals surface area contributed by atoms with Crippen molar-refractivity contribution in [1.82, 2.24) is 9.88 Å². The summed E-state index contributed by atoms with van der Waals surface area (Å²) in [6.45, 7) is 2.33. The molecule has 0 spiro atoms. The van der Waals surface area contributed by atoms with Gasteiger partial charge in [0.15, 0.2) is 9.84 Å². The molecule has 1 saturated heterocycles. The van der Waals surface area contributed by atoms with Crippen LogP contribution in [0.5, 0.6) is 0 Å². The highest BCUT2D eigenvalue weighted by atomic mass is 32.2. The van der Waals surface area contributed by atoms with Gasteiger partial charge in [-0.05, 0) is 19.1 Å². The zero-order valence-corrected chi connectivity index (χ0v) is 13.1.